The molecule has 0 aliphatic heterocycles. The lowest BCUT2D eigenvalue weighted by atomic mass is 10.1. The van der Waals surface area contributed by atoms with Gasteiger partial charge in [-0.05, 0) is 55.4 Å². The first-order valence-electron chi connectivity index (χ1n) is 7.32. The molecule has 0 radical (unpaired) electrons. The molecule has 2 rings (SSSR count). The number of nitrogens with zero attached hydrogens (tertiary/aromatic N) is 1. The third kappa shape index (κ3) is 4.75. The van der Waals surface area contributed by atoms with E-state index in [2.05, 4.69) is 15.6 Å². The number of esters is 1. The fourth-order valence-electron chi connectivity index (χ4n) is 2.05. The molecular formula is C17H19N3O2S. The molecule has 5 nitrogen and oxygen atoms in total. The van der Waals surface area contributed by atoms with Gasteiger partial charge in [-0.25, -0.2) is 4.79 Å². The van der Waals surface area contributed by atoms with Crippen molar-refractivity contribution in [2.75, 3.05) is 11.9 Å². The first-order valence-corrected chi connectivity index (χ1v) is 7.73. The summed E-state index contributed by atoms with van der Waals surface area (Å²) in [5.41, 5.74) is 3.15. The predicted octanol–water partition coefficient (Wildman–Crippen LogP) is 3.05. The molecule has 1 aromatic heterocycles. The Bertz CT molecular complexity index is 689. The zero-order chi connectivity index (χ0) is 16.7. The highest BCUT2D eigenvalue weighted by Crippen LogP contribution is 2.19. The summed E-state index contributed by atoms with van der Waals surface area (Å²) >= 11 is 5.30. The molecule has 0 amide bonds. The molecule has 0 aliphatic carbocycles. The van der Waals surface area contributed by atoms with Crippen LogP contribution < -0.4 is 10.6 Å². The highest BCUT2D eigenvalue weighted by atomic mass is 32.1. The van der Waals surface area contributed by atoms with E-state index in [9.17, 15) is 4.79 Å². The normalized spacial score (nSPS) is 10.0. The van der Waals surface area contributed by atoms with Crippen molar-refractivity contribution in [1.29, 1.82) is 0 Å². The van der Waals surface area contributed by atoms with Crippen LogP contribution in [0.1, 0.15) is 28.4 Å². The number of anilines is 1. The third-order valence-electron chi connectivity index (χ3n) is 3.25. The van der Waals surface area contributed by atoms with Crippen LogP contribution in [0.2, 0.25) is 0 Å². The van der Waals surface area contributed by atoms with Gasteiger partial charge in [0.05, 0.1) is 12.2 Å². The summed E-state index contributed by atoms with van der Waals surface area (Å²) in [7, 11) is 0. The van der Waals surface area contributed by atoms with Crippen LogP contribution >= 0.6 is 12.2 Å². The smallest absolute Gasteiger partial charge is 0.338 e. The quantitative estimate of drug-likeness (QED) is 0.649. The minimum atomic E-state index is -0.331. The van der Waals surface area contributed by atoms with Gasteiger partial charge in [-0.15, -0.1) is 0 Å². The lowest BCUT2D eigenvalue weighted by molar-refractivity contribution is 0.0525. The maximum absolute atomic E-state index is 11.9. The Labute approximate surface area is 141 Å². The van der Waals surface area contributed by atoms with E-state index in [-0.39, 0.29) is 5.97 Å². The Hall–Kier alpha value is -2.47. The largest absolute Gasteiger partial charge is 0.462 e. The number of carbonyl (C=O) groups is 1. The molecule has 120 valence electrons. The molecule has 0 saturated heterocycles. The third-order valence-corrected chi connectivity index (χ3v) is 3.50. The first-order chi connectivity index (χ1) is 11.1. The van der Waals surface area contributed by atoms with Crippen molar-refractivity contribution >= 4 is 29.0 Å². The Kier molecular flexibility index (Phi) is 6.05. The van der Waals surface area contributed by atoms with Gasteiger partial charge in [0.2, 0.25) is 0 Å². The Balaban J connectivity index is 2.00. The summed E-state index contributed by atoms with van der Waals surface area (Å²) in [5.74, 6) is -0.331. The molecule has 2 N–H and O–H groups in total. The number of carbonyl (C=O) groups excluding carboxylic acids is 1. The molecule has 23 heavy (non-hydrogen) atoms. The van der Waals surface area contributed by atoms with Crippen molar-refractivity contribution in [3.63, 3.8) is 0 Å². The number of benzene rings is 1. The fraction of sp³-hybridized carbons (Fsp3) is 0.235. The van der Waals surface area contributed by atoms with Gasteiger partial charge in [0, 0.05) is 24.6 Å². The van der Waals surface area contributed by atoms with Crippen LogP contribution in [-0.2, 0) is 11.3 Å². The minimum Gasteiger partial charge on any atom is -0.462 e. The number of nitrogens with one attached hydrogen (secondary N) is 2. The molecule has 0 unspecified atom stereocenters. The monoisotopic (exact) mass is 329 g/mol. The molecule has 1 heterocycles. The second-order valence-corrected chi connectivity index (χ2v) is 5.28. The van der Waals surface area contributed by atoms with Crippen LogP contribution in [0.25, 0.3) is 0 Å². The molecule has 1 aromatic carbocycles. The molecule has 0 bridgehead atoms. The summed E-state index contributed by atoms with van der Waals surface area (Å²) in [6.07, 6.45) is 3.51. The number of pyridine rings is 1. The van der Waals surface area contributed by atoms with Gasteiger partial charge in [0.25, 0.3) is 0 Å². The molecule has 6 heteroatoms. The molecular weight excluding hydrogens is 310 g/mol. The van der Waals surface area contributed by atoms with Crippen LogP contribution in [0, 0.1) is 6.92 Å². The first kappa shape index (κ1) is 16.9. The number of rotatable bonds is 5. The topological polar surface area (TPSA) is 63.2 Å². The number of aromatic nitrogens is 1. The molecule has 0 spiro atoms. The van der Waals surface area contributed by atoms with Crippen LogP contribution in [0.5, 0.6) is 0 Å². The maximum Gasteiger partial charge on any atom is 0.338 e. The molecule has 0 aliphatic rings. The molecule has 0 saturated carbocycles. The van der Waals surface area contributed by atoms with E-state index in [0.29, 0.717) is 23.8 Å². The Morgan fingerprint density at radius 1 is 1.30 bits per heavy atom. The van der Waals surface area contributed by atoms with Crippen molar-refractivity contribution in [3.05, 3.63) is 59.4 Å². The number of hydrogen-bond acceptors (Lipinski definition) is 4. The standard InChI is InChI=1S/C17H19N3O2S/c1-3-22-16(21)14-7-4-8-15(12(14)2)20-17(23)19-11-13-6-5-9-18-10-13/h4-10H,3,11H2,1-2H3,(H2,19,20,23). The van der Waals surface area contributed by atoms with E-state index in [1.54, 1.807) is 31.5 Å². The SMILES string of the molecule is CCOC(=O)c1cccc(NC(=S)NCc2cccnc2)c1C. The van der Waals surface area contributed by atoms with Crippen molar-refractivity contribution < 1.29 is 9.53 Å². The van der Waals surface area contributed by atoms with Crippen molar-refractivity contribution in [2.45, 2.75) is 20.4 Å². The fourth-order valence-corrected chi connectivity index (χ4v) is 2.23. The van der Waals surface area contributed by atoms with Crippen molar-refractivity contribution in [1.82, 2.24) is 10.3 Å². The summed E-state index contributed by atoms with van der Waals surface area (Å²) in [5, 5.41) is 6.71. The summed E-state index contributed by atoms with van der Waals surface area (Å²) in [6.45, 7) is 4.57. The van der Waals surface area contributed by atoms with E-state index in [4.69, 9.17) is 17.0 Å². The summed E-state index contributed by atoms with van der Waals surface area (Å²) in [4.78, 5) is 16.0. The van der Waals surface area contributed by atoms with E-state index in [1.807, 2.05) is 25.1 Å². The summed E-state index contributed by atoms with van der Waals surface area (Å²) in [6, 6.07) is 9.25. The minimum absolute atomic E-state index is 0.331. The molecule has 0 fully saturated rings. The van der Waals surface area contributed by atoms with Gasteiger partial charge in [0.15, 0.2) is 5.11 Å². The average Bonchev–Trinajstić information content (AvgIpc) is 2.56. The number of thiocarbonyl (C=S) groups is 1. The zero-order valence-electron chi connectivity index (χ0n) is 13.1. The van der Waals surface area contributed by atoms with Crippen LogP contribution in [0.15, 0.2) is 42.7 Å². The van der Waals surface area contributed by atoms with Gasteiger partial charge in [-0.2, -0.15) is 0 Å². The lowest BCUT2D eigenvalue weighted by Crippen LogP contribution is -2.28. The van der Waals surface area contributed by atoms with E-state index >= 15 is 0 Å². The predicted molar refractivity (Wildman–Crippen MR) is 94.4 cm³/mol. The van der Waals surface area contributed by atoms with Crippen molar-refractivity contribution in [3.8, 4) is 0 Å². The zero-order valence-corrected chi connectivity index (χ0v) is 13.9. The Morgan fingerprint density at radius 3 is 2.83 bits per heavy atom. The maximum atomic E-state index is 11.9. The van der Waals surface area contributed by atoms with Gasteiger partial charge in [-0.1, -0.05) is 12.1 Å². The number of ether oxygens (including phenoxy) is 1. The van der Waals surface area contributed by atoms with Gasteiger partial charge < -0.3 is 15.4 Å². The highest BCUT2D eigenvalue weighted by molar-refractivity contribution is 7.80. The average molecular weight is 329 g/mol. The van der Waals surface area contributed by atoms with Crippen LogP contribution in [-0.4, -0.2) is 22.7 Å². The van der Waals surface area contributed by atoms with Gasteiger partial charge >= 0.3 is 5.97 Å². The summed E-state index contributed by atoms with van der Waals surface area (Å²) < 4.78 is 5.05. The Morgan fingerprint density at radius 2 is 2.13 bits per heavy atom. The van der Waals surface area contributed by atoms with Crippen LogP contribution in [0.3, 0.4) is 0 Å². The van der Waals surface area contributed by atoms with E-state index < -0.39 is 0 Å². The highest BCUT2D eigenvalue weighted by Gasteiger charge is 2.13. The van der Waals surface area contributed by atoms with Crippen molar-refractivity contribution in [2.24, 2.45) is 0 Å². The molecule has 0 atom stereocenters. The molecule has 2 aromatic rings. The number of hydrogen-bond donors (Lipinski definition) is 2. The second kappa shape index (κ2) is 8.24. The second-order valence-electron chi connectivity index (χ2n) is 4.87. The van der Waals surface area contributed by atoms with E-state index in [0.717, 1.165) is 16.8 Å². The van der Waals surface area contributed by atoms with E-state index in [1.165, 1.54) is 0 Å². The van der Waals surface area contributed by atoms with Gasteiger partial charge in [-0.3, -0.25) is 4.98 Å². The van der Waals surface area contributed by atoms with Gasteiger partial charge in [0.1, 0.15) is 0 Å². The van der Waals surface area contributed by atoms with Crippen LogP contribution in [0.4, 0.5) is 5.69 Å². The lowest BCUT2D eigenvalue weighted by Gasteiger charge is -2.14.